The number of imidazole rings is 5. The summed E-state index contributed by atoms with van der Waals surface area (Å²) in [5.41, 5.74) is 29.8. The molecule has 21 rings (SSSR count). The second kappa shape index (κ2) is 24.5. The van der Waals surface area contributed by atoms with Gasteiger partial charge < -0.3 is 45.2 Å². The minimum absolute atomic E-state index is 1.00. The average Bonchev–Trinajstić information content (AvgIpc) is 1.67. The van der Waals surface area contributed by atoms with Crippen LogP contribution < -0.4 is 0 Å². The number of benzene rings is 1. The van der Waals surface area contributed by atoms with Gasteiger partial charge in [0.25, 0.3) is 0 Å². The average molecular weight is 1290 g/mol. The topological polar surface area (TPSA) is 117 Å². The van der Waals surface area contributed by atoms with Crippen molar-refractivity contribution in [2.24, 2.45) is 49.3 Å². The first-order chi connectivity index (χ1) is 47.4. The van der Waals surface area contributed by atoms with Crippen molar-refractivity contribution in [3.63, 3.8) is 0 Å². The predicted molar refractivity (Wildman–Crippen MR) is 401 cm³/mol. The second-order valence-electron chi connectivity index (χ2n) is 25.7. The molecule has 98 heavy (non-hydrogen) atoms. The second-order valence-corrected chi connectivity index (χ2v) is 25.7. The van der Waals surface area contributed by atoms with E-state index in [1.54, 1.807) is 0 Å². The van der Waals surface area contributed by atoms with Gasteiger partial charge in [-0.3, -0.25) is 17.6 Å². The molecule has 0 saturated carbocycles. The summed E-state index contributed by atoms with van der Waals surface area (Å²) in [5.74, 6) is 1.00. The Kier molecular flexibility index (Phi) is 15.5. The smallest absolute Gasteiger partial charge is 0.214 e. The summed E-state index contributed by atoms with van der Waals surface area (Å²) in [5, 5.41) is 2.65. The molecule has 20 heterocycles. The highest BCUT2D eigenvalue weighted by atomic mass is 15.2. The lowest BCUT2D eigenvalue weighted by molar-refractivity contribution is 0.884. The van der Waals surface area contributed by atoms with Crippen molar-refractivity contribution in [3.05, 3.63) is 272 Å². The zero-order chi connectivity index (χ0) is 67.9. The standard InChI is InChI=1S/3C12H12N2.4C11H11N3/c1-9-7-10-11-5-3-4-6-14(11)8-12(10)13(9)2;1-9-7-10-8-14-6-4-3-5-11(14)12(10)13(9)2;1-9-7-12-11(13(9)2)8-10-5-3-4-6-14(10)12;1-8-11-9(7-13(8)2)14-6-4-3-5-10(14)12-11;1-8-7-9-11(13(8)2)12-10-5-3-4-6-14(9)10;1-8-7-9-11(13(8)2)14-6-4-3-5-10(14)12-9;1-8-7-14-10-6-4-3-5-9(10)12-11(14)13(8)2/h3*3-8H,1-2H3;4*3-7H,1-2H3. The number of fused-ring (bicyclic) bond motifs is 21. The monoisotopic (exact) mass is 1290 g/mol. The molecular weight excluding hydrogens is 1210 g/mol. The lowest BCUT2D eigenvalue weighted by atomic mass is 10.3. The van der Waals surface area contributed by atoms with Gasteiger partial charge in [0.2, 0.25) is 5.78 Å². The number of aryl methyl sites for hydroxylation is 14. The molecule has 18 heteroatoms. The SMILES string of the molecule is Cc1c2nc3ccccn3c2cn1C.Cc1cc2c(cc3ccccn32)n1C.Cc1cc2c(cn3ccccc23)n1C.Cc1cc2c(nc3ccccn32)n1C.Cc1cc2cn3ccccc3c2n1C.Cc1cc2nc3ccccn3c2n1C.Cc1cn2c3ccccc3nc2n1C. The first kappa shape index (κ1) is 62.0. The van der Waals surface area contributed by atoms with Gasteiger partial charge >= 0.3 is 0 Å². The molecule has 21 aromatic rings. The fourth-order valence-electron chi connectivity index (χ4n) is 13.6. The van der Waals surface area contributed by atoms with Crippen LogP contribution in [-0.4, -0.2) is 82.7 Å². The first-order valence-electron chi connectivity index (χ1n) is 33.0. The molecule has 0 N–H and O–H groups in total. The van der Waals surface area contributed by atoms with E-state index < -0.39 is 0 Å². The number of para-hydroxylation sites is 2. The van der Waals surface area contributed by atoms with Gasteiger partial charge in [0.15, 0.2) is 5.65 Å². The molecule has 0 spiro atoms. The number of nitrogens with zero attached hydrogens (tertiary/aromatic N) is 18. The van der Waals surface area contributed by atoms with Crippen LogP contribution in [-0.2, 0) is 49.3 Å². The van der Waals surface area contributed by atoms with E-state index in [4.69, 9.17) is 0 Å². The first-order valence-corrected chi connectivity index (χ1v) is 33.0. The fourth-order valence-corrected chi connectivity index (χ4v) is 13.6. The van der Waals surface area contributed by atoms with Crippen molar-refractivity contribution >= 4 is 117 Å². The van der Waals surface area contributed by atoms with Gasteiger partial charge in [0.1, 0.15) is 33.6 Å². The lowest BCUT2D eigenvalue weighted by Crippen LogP contribution is -1.94. The maximum Gasteiger partial charge on any atom is 0.214 e. The van der Waals surface area contributed by atoms with Crippen LogP contribution in [0, 0.1) is 48.5 Å². The van der Waals surface area contributed by atoms with Gasteiger partial charge in [0, 0.05) is 167 Å². The largest absolute Gasteiger partial charge is 0.351 e. The Morgan fingerprint density at radius 2 is 0.857 bits per heavy atom. The molecule has 1 aromatic carbocycles. The van der Waals surface area contributed by atoms with Crippen molar-refractivity contribution in [1.29, 1.82) is 0 Å². The van der Waals surface area contributed by atoms with E-state index in [9.17, 15) is 0 Å². The summed E-state index contributed by atoms with van der Waals surface area (Å²) in [6.07, 6.45) is 21.0. The Labute approximate surface area is 565 Å². The molecule has 0 bridgehead atoms. The van der Waals surface area contributed by atoms with Crippen LogP contribution >= 0.6 is 0 Å². The lowest BCUT2D eigenvalue weighted by Gasteiger charge is -1.99. The van der Waals surface area contributed by atoms with Crippen molar-refractivity contribution in [2.75, 3.05) is 0 Å². The van der Waals surface area contributed by atoms with Crippen LogP contribution in [0.2, 0.25) is 0 Å². The summed E-state index contributed by atoms with van der Waals surface area (Å²) >= 11 is 0. The van der Waals surface area contributed by atoms with E-state index in [1.165, 1.54) is 106 Å². The van der Waals surface area contributed by atoms with E-state index in [1.807, 2.05) is 113 Å². The van der Waals surface area contributed by atoms with Gasteiger partial charge in [-0.25, -0.2) is 19.9 Å². The maximum atomic E-state index is 4.58. The summed E-state index contributed by atoms with van der Waals surface area (Å²) in [6.45, 7) is 14.8. The highest BCUT2D eigenvalue weighted by molar-refractivity contribution is 5.97. The van der Waals surface area contributed by atoms with Crippen molar-refractivity contribution in [2.45, 2.75) is 48.5 Å². The molecular formula is C80H80N18. The van der Waals surface area contributed by atoms with E-state index in [0.29, 0.717) is 0 Å². The number of rotatable bonds is 0. The zero-order valence-corrected chi connectivity index (χ0v) is 58.0. The van der Waals surface area contributed by atoms with Crippen LogP contribution in [0.15, 0.2) is 232 Å². The van der Waals surface area contributed by atoms with Crippen LogP contribution in [0.5, 0.6) is 0 Å². The highest BCUT2D eigenvalue weighted by Crippen LogP contribution is 2.29. The van der Waals surface area contributed by atoms with Gasteiger partial charge in [-0.2, -0.15) is 0 Å². The number of aromatic nitrogens is 18. The van der Waals surface area contributed by atoms with Crippen molar-refractivity contribution in [3.8, 4) is 0 Å². The number of pyridine rings is 6. The third kappa shape index (κ3) is 10.6. The molecule has 0 saturated heterocycles. The Morgan fingerprint density at radius 3 is 1.60 bits per heavy atom. The Bertz CT molecular complexity index is 5730. The van der Waals surface area contributed by atoms with Gasteiger partial charge in [-0.05, 0) is 170 Å². The summed E-state index contributed by atoms with van der Waals surface area (Å²) in [4.78, 5) is 18.2. The Hall–Kier alpha value is -12.2. The summed E-state index contributed by atoms with van der Waals surface area (Å²) in [7, 11) is 14.5. The molecule has 0 aliphatic heterocycles. The van der Waals surface area contributed by atoms with E-state index in [-0.39, 0.29) is 0 Å². The summed E-state index contributed by atoms with van der Waals surface area (Å²) < 4.78 is 30.2. The normalized spacial score (nSPS) is 11.6. The molecule has 20 aromatic heterocycles. The molecule has 490 valence electrons. The summed E-state index contributed by atoms with van der Waals surface area (Å²) in [6, 6.07) is 58.4. The molecule has 0 aliphatic rings. The van der Waals surface area contributed by atoms with E-state index >= 15 is 0 Å². The predicted octanol–water partition coefficient (Wildman–Crippen LogP) is 16.8. The quantitative estimate of drug-likeness (QED) is 0.150. The molecule has 18 nitrogen and oxygen atoms in total. The maximum absolute atomic E-state index is 4.58. The van der Waals surface area contributed by atoms with Gasteiger partial charge in [-0.15, -0.1) is 0 Å². The van der Waals surface area contributed by atoms with Crippen LogP contribution in [0.4, 0.5) is 0 Å². The van der Waals surface area contributed by atoms with E-state index in [0.717, 1.165) is 50.6 Å². The molecule has 0 atom stereocenters. The van der Waals surface area contributed by atoms with Gasteiger partial charge in [-0.1, -0.05) is 48.5 Å². The number of hydrogen-bond acceptors (Lipinski definition) is 4. The van der Waals surface area contributed by atoms with Crippen LogP contribution in [0.1, 0.15) is 39.9 Å². The van der Waals surface area contributed by atoms with Crippen molar-refractivity contribution < 1.29 is 0 Å². The third-order valence-corrected chi connectivity index (χ3v) is 19.7. The zero-order valence-electron chi connectivity index (χ0n) is 58.0. The van der Waals surface area contributed by atoms with Crippen molar-refractivity contribution in [1.82, 2.24) is 82.7 Å². The third-order valence-electron chi connectivity index (χ3n) is 19.7. The highest BCUT2D eigenvalue weighted by Gasteiger charge is 2.15. The molecule has 0 aliphatic carbocycles. The van der Waals surface area contributed by atoms with Crippen LogP contribution in [0.3, 0.4) is 0 Å². The molecule has 0 fully saturated rings. The Morgan fingerprint density at radius 1 is 0.306 bits per heavy atom. The fraction of sp³-hybridized carbons (Fsp3) is 0.175. The molecule has 0 unspecified atom stereocenters. The van der Waals surface area contributed by atoms with E-state index in [2.05, 4.69) is 300 Å². The Balaban J connectivity index is 0.0000000933. The van der Waals surface area contributed by atoms with Crippen LogP contribution in [0.25, 0.3) is 117 Å². The minimum Gasteiger partial charge on any atom is -0.351 e. The minimum atomic E-state index is 1.00. The molecule has 0 amide bonds. The van der Waals surface area contributed by atoms with Gasteiger partial charge in [0.05, 0.1) is 55.2 Å². The number of hydrogen-bond donors (Lipinski definition) is 0. The molecule has 0 radical (unpaired) electrons.